The van der Waals surface area contributed by atoms with Crippen LogP contribution in [0.2, 0.25) is 0 Å². The predicted octanol–water partition coefficient (Wildman–Crippen LogP) is 3.62. The maximum absolute atomic E-state index is 5.92. The van der Waals surface area contributed by atoms with Gasteiger partial charge in [-0.1, -0.05) is 44.5 Å². The van der Waals surface area contributed by atoms with Crippen LogP contribution in [0, 0.1) is 0 Å². The number of allylic oxidation sites excluding steroid dienone is 1. The van der Waals surface area contributed by atoms with Crippen LogP contribution < -0.4 is 5.30 Å². The van der Waals surface area contributed by atoms with Crippen LogP contribution in [0.15, 0.2) is 41.5 Å². The number of ether oxygens (including phenoxy) is 2. The molecule has 1 aromatic rings. The van der Waals surface area contributed by atoms with Crippen molar-refractivity contribution in [1.29, 1.82) is 0 Å². The highest BCUT2D eigenvalue weighted by Crippen LogP contribution is 2.44. The Kier molecular flexibility index (Phi) is 4.55. The second kappa shape index (κ2) is 6.39. The molecule has 2 aliphatic rings. The van der Waals surface area contributed by atoms with Gasteiger partial charge in [0.1, 0.15) is 0 Å². The van der Waals surface area contributed by atoms with Gasteiger partial charge in [-0.25, -0.2) is 0 Å². The molecule has 0 aromatic heterocycles. The van der Waals surface area contributed by atoms with Crippen molar-refractivity contribution in [2.45, 2.75) is 38.4 Å². The van der Waals surface area contributed by atoms with E-state index >= 15 is 0 Å². The van der Waals surface area contributed by atoms with Gasteiger partial charge in [-0.2, -0.15) is 0 Å². The molecule has 1 aliphatic carbocycles. The van der Waals surface area contributed by atoms with E-state index in [1.165, 1.54) is 29.0 Å². The summed E-state index contributed by atoms with van der Waals surface area (Å²) in [7, 11) is 0.914. The second-order valence-corrected chi connectivity index (χ2v) is 7.04. The summed E-state index contributed by atoms with van der Waals surface area (Å²) in [6, 6.07) is 10.8. The van der Waals surface area contributed by atoms with Gasteiger partial charge in [0, 0.05) is 6.42 Å². The summed E-state index contributed by atoms with van der Waals surface area (Å²) in [6.07, 6.45) is 5.78. The topological polar surface area (TPSA) is 18.5 Å². The Balaban J connectivity index is 1.51. The molecule has 0 saturated carbocycles. The van der Waals surface area contributed by atoms with E-state index < -0.39 is 0 Å². The average molecular weight is 290 g/mol. The molecule has 1 saturated heterocycles. The van der Waals surface area contributed by atoms with E-state index in [9.17, 15) is 0 Å². The van der Waals surface area contributed by atoms with Crippen LogP contribution in [-0.4, -0.2) is 25.2 Å². The van der Waals surface area contributed by atoms with Crippen LogP contribution in [0.4, 0.5) is 0 Å². The molecule has 1 aromatic carbocycles. The molecule has 1 aliphatic heterocycles. The van der Waals surface area contributed by atoms with Crippen molar-refractivity contribution in [2.75, 3.05) is 19.4 Å². The predicted molar refractivity (Wildman–Crippen MR) is 85.1 cm³/mol. The van der Waals surface area contributed by atoms with E-state index in [1.54, 1.807) is 0 Å². The summed E-state index contributed by atoms with van der Waals surface area (Å²) in [5.74, 6) is -0.333. The van der Waals surface area contributed by atoms with Crippen LogP contribution in [0.3, 0.4) is 0 Å². The lowest BCUT2D eigenvalue weighted by Crippen LogP contribution is -2.29. The van der Waals surface area contributed by atoms with Gasteiger partial charge in [-0.15, -0.1) is 0 Å². The van der Waals surface area contributed by atoms with Crippen molar-refractivity contribution in [3.63, 3.8) is 0 Å². The highest BCUT2D eigenvalue weighted by atomic mass is 31.1. The molecule has 3 heteroatoms. The number of rotatable bonds is 5. The average Bonchev–Trinajstić information content (AvgIpc) is 3.07. The molecule has 3 rings (SSSR count). The van der Waals surface area contributed by atoms with Crippen LogP contribution in [0.25, 0.3) is 0 Å². The Hall–Kier alpha value is -0.690. The fraction of sp³-hybridized carbons (Fsp3) is 0.529. The molecular formula is C17H23O2P. The number of hydrogen-bond acceptors (Lipinski definition) is 2. The zero-order chi connectivity index (χ0) is 13.8. The largest absolute Gasteiger partial charge is 0.344 e. The van der Waals surface area contributed by atoms with E-state index in [2.05, 4.69) is 37.3 Å². The molecule has 1 fully saturated rings. The van der Waals surface area contributed by atoms with Crippen molar-refractivity contribution in [2.24, 2.45) is 0 Å². The molecule has 0 N–H and O–H groups in total. The lowest BCUT2D eigenvalue weighted by atomic mass is 10.0. The zero-order valence-electron chi connectivity index (χ0n) is 12.2. The summed E-state index contributed by atoms with van der Waals surface area (Å²) >= 11 is 0. The molecule has 0 amide bonds. The quantitative estimate of drug-likeness (QED) is 0.468. The van der Waals surface area contributed by atoms with Gasteiger partial charge in [-0.05, 0) is 43.2 Å². The van der Waals surface area contributed by atoms with Gasteiger partial charge < -0.3 is 9.47 Å². The summed E-state index contributed by atoms with van der Waals surface area (Å²) in [5.41, 5.74) is 2.93. The smallest absolute Gasteiger partial charge is 0.191 e. The van der Waals surface area contributed by atoms with Crippen LogP contribution in [0.1, 0.15) is 32.6 Å². The third kappa shape index (κ3) is 2.98. The Morgan fingerprint density at radius 1 is 1.15 bits per heavy atom. The molecule has 20 heavy (non-hydrogen) atoms. The fourth-order valence-corrected chi connectivity index (χ4v) is 4.28. The Morgan fingerprint density at radius 2 is 1.90 bits per heavy atom. The van der Waals surface area contributed by atoms with Crippen molar-refractivity contribution in [3.05, 3.63) is 41.5 Å². The first-order valence-electron chi connectivity index (χ1n) is 7.56. The van der Waals surface area contributed by atoms with Gasteiger partial charge in [0.25, 0.3) is 0 Å². The van der Waals surface area contributed by atoms with E-state index in [0.29, 0.717) is 0 Å². The third-order valence-corrected chi connectivity index (χ3v) is 5.61. The molecule has 108 valence electrons. The first kappa shape index (κ1) is 14.3. The van der Waals surface area contributed by atoms with Crippen molar-refractivity contribution < 1.29 is 9.47 Å². The SMILES string of the molecule is CC1=C(CCCPc2ccccc2)C2(CC1)OCCO2. The molecule has 0 radical (unpaired) electrons. The lowest BCUT2D eigenvalue weighted by Gasteiger charge is -2.26. The maximum Gasteiger partial charge on any atom is 0.191 e. The van der Waals surface area contributed by atoms with Gasteiger partial charge in [0.05, 0.1) is 13.2 Å². The van der Waals surface area contributed by atoms with Gasteiger partial charge in [0.2, 0.25) is 0 Å². The van der Waals surface area contributed by atoms with Crippen LogP contribution in [-0.2, 0) is 9.47 Å². The molecule has 2 nitrogen and oxygen atoms in total. The summed E-state index contributed by atoms with van der Waals surface area (Å²) in [4.78, 5) is 0. The minimum atomic E-state index is -0.333. The number of benzene rings is 1. The molecular weight excluding hydrogens is 267 g/mol. The van der Waals surface area contributed by atoms with Gasteiger partial charge in [-0.3, -0.25) is 0 Å². The minimum absolute atomic E-state index is 0.333. The Labute approximate surface area is 123 Å². The maximum atomic E-state index is 5.92. The molecule has 1 atom stereocenters. The summed E-state index contributed by atoms with van der Waals surface area (Å²) in [5, 5.41) is 1.47. The molecule has 1 spiro atoms. The van der Waals surface area contributed by atoms with Crippen molar-refractivity contribution in [1.82, 2.24) is 0 Å². The van der Waals surface area contributed by atoms with Crippen molar-refractivity contribution in [3.8, 4) is 0 Å². The number of hydrogen-bond donors (Lipinski definition) is 0. The van der Waals surface area contributed by atoms with E-state index in [0.717, 1.165) is 41.1 Å². The summed E-state index contributed by atoms with van der Waals surface area (Å²) in [6.45, 7) is 3.75. The standard InChI is InChI=1S/C17H23O2P/c1-14-9-10-17(18-11-12-19-17)16(14)8-5-13-20-15-6-3-2-4-7-15/h2-4,6-7,20H,5,8-13H2,1H3. The Bertz CT molecular complexity index is 475. The van der Waals surface area contributed by atoms with Gasteiger partial charge in [0.15, 0.2) is 5.79 Å². The lowest BCUT2D eigenvalue weighted by molar-refractivity contribution is -0.125. The highest BCUT2D eigenvalue weighted by Gasteiger charge is 2.44. The fourth-order valence-electron chi connectivity index (χ4n) is 3.21. The first-order valence-corrected chi connectivity index (χ1v) is 8.77. The van der Waals surface area contributed by atoms with E-state index in [4.69, 9.17) is 9.47 Å². The molecule has 1 unspecified atom stereocenters. The minimum Gasteiger partial charge on any atom is -0.344 e. The first-order chi connectivity index (χ1) is 9.80. The van der Waals surface area contributed by atoms with Gasteiger partial charge >= 0.3 is 0 Å². The van der Waals surface area contributed by atoms with Crippen LogP contribution in [0.5, 0.6) is 0 Å². The van der Waals surface area contributed by atoms with E-state index in [-0.39, 0.29) is 5.79 Å². The molecule has 1 heterocycles. The van der Waals surface area contributed by atoms with Crippen LogP contribution >= 0.6 is 8.58 Å². The normalized spacial score (nSPS) is 21.6. The third-order valence-electron chi connectivity index (χ3n) is 4.26. The summed E-state index contributed by atoms with van der Waals surface area (Å²) < 4.78 is 11.8. The Morgan fingerprint density at radius 3 is 2.65 bits per heavy atom. The molecule has 0 bridgehead atoms. The van der Waals surface area contributed by atoms with E-state index in [1.807, 2.05) is 0 Å². The highest BCUT2D eigenvalue weighted by molar-refractivity contribution is 7.47. The monoisotopic (exact) mass is 290 g/mol. The van der Waals surface area contributed by atoms with Crippen molar-refractivity contribution >= 4 is 13.9 Å². The zero-order valence-corrected chi connectivity index (χ0v) is 13.2. The second-order valence-electron chi connectivity index (χ2n) is 5.61.